The fraction of sp³-hybridized carbons (Fsp3) is 0.833. The predicted molar refractivity (Wildman–Crippen MR) is 66.3 cm³/mol. The van der Waals surface area contributed by atoms with E-state index in [2.05, 4.69) is 43.1 Å². The molecule has 0 bridgehead atoms. The zero-order chi connectivity index (χ0) is 12.0. The van der Waals surface area contributed by atoms with Crippen LogP contribution < -0.4 is 5.32 Å². The summed E-state index contributed by atoms with van der Waals surface area (Å²) in [5.74, 6) is 1.79. The normalized spacial score (nSPS) is 13.3. The van der Waals surface area contributed by atoms with Gasteiger partial charge in [0.25, 0.3) is 0 Å². The third-order valence-corrected chi connectivity index (χ3v) is 2.73. The van der Waals surface area contributed by atoms with Crippen LogP contribution in [-0.4, -0.2) is 27.4 Å². The summed E-state index contributed by atoms with van der Waals surface area (Å²) < 4.78 is 1.97. The molecule has 0 spiro atoms. The lowest BCUT2D eigenvalue weighted by Gasteiger charge is -2.14. The van der Waals surface area contributed by atoms with Crippen molar-refractivity contribution in [3.05, 3.63) is 12.2 Å². The minimum absolute atomic E-state index is 0.571. The van der Waals surface area contributed by atoms with Crippen LogP contribution >= 0.6 is 0 Å². The van der Waals surface area contributed by atoms with Crippen LogP contribution in [0.25, 0.3) is 0 Å². The van der Waals surface area contributed by atoms with Crippen LogP contribution in [0.15, 0.2) is 6.33 Å². The lowest BCUT2D eigenvalue weighted by atomic mass is 10.1. The van der Waals surface area contributed by atoms with E-state index >= 15 is 0 Å². The molecule has 0 amide bonds. The molecule has 92 valence electrons. The van der Waals surface area contributed by atoms with Crippen LogP contribution in [0.5, 0.6) is 0 Å². The number of aryl methyl sites for hydroxylation is 2. The van der Waals surface area contributed by atoms with Crippen molar-refractivity contribution >= 4 is 0 Å². The molecule has 0 fully saturated rings. The first-order valence-electron chi connectivity index (χ1n) is 6.23. The van der Waals surface area contributed by atoms with E-state index < -0.39 is 0 Å². The van der Waals surface area contributed by atoms with E-state index in [-0.39, 0.29) is 0 Å². The topological polar surface area (TPSA) is 42.7 Å². The highest BCUT2D eigenvalue weighted by Gasteiger charge is 2.07. The van der Waals surface area contributed by atoms with E-state index in [0.29, 0.717) is 12.0 Å². The molecular formula is C12H24N4. The lowest BCUT2D eigenvalue weighted by Crippen LogP contribution is -2.28. The number of hydrogen-bond acceptors (Lipinski definition) is 3. The highest BCUT2D eigenvalue weighted by molar-refractivity contribution is 4.85. The van der Waals surface area contributed by atoms with E-state index in [1.807, 2.05) is 4.68 Å². The maximum Gasteiger partial charge on any atom is 0.138 e. The van der Waals surface area contributed by atoms with Gasteiger partial charge in [-0.2, -0.15) is 5.10 Å². The first-order chi connectivity index (χ1) is 7.63. The molecule has 1 N–H and O–H groups in total. The molecule has 16 heavy (non-hydrogen) atoms. The highest BCUT2D eigenvalue weighted by atomic mass is 15.3. The lowest BCUT2D eigenvalue weighted by molar-refractivity contribution is 0.445. The van der Waals surface area contributed by atoms with Gasteiger partial charge in [-0.05, 0) is 25.8 Å². The molecule has 1 atom stereocenters. The molecule has 4 nitrogen and oxygen atoms in total. The van der Waals surface area contributed by atoms with Crippen molar-refractivity contribution in [1.29, 1.82) is 0 Å². The average Bonchev–Trinajstić information content (AvgIpc) is 2.70. The summed E-state index contributed by atoms with van der Waals surface area (Å²) in [7, 11) is 0. The molecule has 0 aliphatic heterocycles. The Balaban J connectivity index is 2.28. The SMILES string of the molecule is CCn1ncnc1CCC(C)CNC(C)C. The van der Waals surface area contributed by atoms with Crippen molar-refractivity contribution in [3.63, 3.8) is 0 Å². The Hall–Kier alpha value is -0.900. The van der Waals surface area contributed by atoms with Gasteiger partial charge < -0.3 is 5.32 Å². The minimum Gasteiger partial charge on any atom is -0.314 e. The zero-order valence-corrected chi connectivity index (χ0v) is 10.9. The summed E-state index contributed by atoms with van der Waals surface area (Å²) >= 11 is 0. The second-order valence-electron chi connectivity index (χ2n) is 4.70. The molecule has 1 aromatic rings. The molecule has 4 heteroatoms. The molecule has 1 unspecified atom stereocenters. The number of nitrogens with zero attached hydrogens (tertiary/aromatic N) is 3. The zero-order valence-electron chi connectivity index (χ0n) is 10.9. The fourth-order valence-corrected chi connectivity index (χ4v) is 1.66. The summed E-state index contributed by atoms with van der Waals surface area (Å²) in [6, 6.07) is 0.571. The van der Waals surface area contributed by atoms with Crippen LogP contribution in [0.3, 0.4) is 0 Å². The van der Waals surface area contributed by atoms with Gasteiger partial charge >= 0.3 is 0 Å². The van der Waals surface area contributed by atoms with Crippen molar-refractivity contribution in [1.82, 2.24) is 20.1 Å². The second kappa shape index (κ2) is 6.63. The van der Waals surface area contributed by atoms with Gasteiger partial charge in [-0.3, -0.25) is 4.68 Å². The third kappa shape index (κ3) is 4.31. The van der Waals surface area contributed by atoms with Crippen LogP contribution in [0.4, 0.5) is 0 Å². The Morgan fingerprint density at radius 3 is 2.75 bits per heavy atom. The molecule has 1 aromatic heterocycles. The average molecular weight is 224 g/mol. The van der Waals surface area contributed by atoms with Crippen LogP contribution in [0, 0.1) is 5.92 Å². The first-order valence-corrected chi connectivity index (χ1v) is 6.23. The van der Waals surface area contributed by atoms with Crippen molar-refractivity contribution in [2.24, 2.45) is 5.92 Å². The van der Waals surface area contributed by atoms with Gasteiger partial charge in [0.15, 0.2) is 0 Å². The Morgan fingerprint density at radius 2 is 2.12 bits per heavy atom. The molecule has 0 aromatic carbocycles. The summed E-state index contributed by atoms with van der Waals surface area (Å²) in [6.45, 7) is 10.7. The number of aromatic nitrogens is 3. The van der Waals surface area contributed by atoms with E-state index in [0.717, 1.165) is 25.3 Å². The van der Waals surface area contributed by atoms with Gasteiger partial charge in [0.05, 0.1) is 0 Å². The number of rotatable bonds is 7. The summed E-state index contributed by atoms with van der Waals surface area (Å²) in [5.41, 5.74) is 0. The molecule has 0 aliphatic carbocycles. The van der Waals surface area contributed by atoms with Crippen LogP contribution in [0.1, 0.15) is 39.9 Å². The first kappa shape index (κ1) is 13.2. The second-order valence-corrected chi connectivity index (χ2v) is 4.70. The Morgan fingerprint density at radius 1 is 1.38 bits per heavy atom. The van der Waals surface area contributed by atoms with Crippen molar-refractivity contribution < 1.29 is 0 Å². The van der Waals surface area contributed by atoms with Crippen molar-refractivity contribution in [2.45, 2.75) is 53.1 Å². The summed E-state index contributed by atoms with van der Waals surface area (Å²) in [6.07, 6.45) is 3.84. The fourth-order valence-electron chi connectivity index (χ4n) is 1.66. The maximum atomic E-state index is 4.29. The van der Waals surface area contributed by atoms with Gasteiger partial charge in [-0.15, -0.1) is 0 Å². The summed E-state index contributed by atoms with van der Waals surface area (Å²) in [4.78, 5) is 4.29. The van der Waals surface area contributed by atoms with Gasteiger partial charge in [0.2, 0.25) is 0 Å². The van der Waals surface area contributed by atoms with Gasteiger partial charge in [-0.1, -0.05) is 20.8 Å². The van der Waals surface area contributed by atoms with E-state index in [1.54, 1.807) is 6.33 Å². The maximum absolute atomic E-state index is 4.29. The molecule has 0 aliphatic rings. The van der Waals surface area contributed by atoms with Gasteiger partial charge in [-0.25, -0.2) is 4.98 Å². The largest absolute Gasteiger partial charge is 0.314 e. The van der Waals surface area contributed by atoms with Crippen molar-refractivity contribution in [3.8, 4) is 0 Å². The molecule has 0 radical (unpaired) electrons. The quantitative estimate of drug-likeness (QED) is 0.769. The number of nitrogens with one attached hydrogen (secondary N) is 1. The van der Waals surface area contributed by atoms with E-state index in [1.165, 1.54) is 6.42 Å². The smallest absolute Gasteiger partial charge is 0.138 e. The Bertz CT molecular complexity index is 293. The van der Waals surface area contributed by atoms with Crippen LogP contribution in [0.2, 0.25) is 0 Å². The Labute approximate surface area is 98.5 Å². The highest BCUT2D eigenvalue weighted by Crippen LogP contribution is 2.07. The molecule has 1 rings (SSSR count). The molecule has 1 heterocycles. The molecule has 0 saturated carbocycles. The third-order valence-electron chi connectivity index (χ3n) is 2.73. The predicted octanol–water partition coefficient (Wildman–Crippen LogP) is 1.86. The minimum atomic E-state index is 0.571. The standard InChI is InChI=1S/C12H24N4/c1-5-16-12(14-9-15-16)7-6-11(4)8-13-10(2)3/h9-11,13H,5-8H2,1-4H3. The summed E-state index contributed by atoms with van der Waals surface area (Å²) in [5, 5.41) is 7.64. The Kier molecular flexibility index (Phi) is 5.46. The van der Waals surface area contributed by atoms with Gasteiger partial charge in [0.1, 0.15) is 12.2 Å². The van der Waals surface area contributed by atoms with Crippen molar-refractivity contribution in [2.75, 3.05) is 6.54 Å². The monoisotopic (exact) mass is 224 g/mol. The van der Waals surface area contributed by atoms with Gasteiger partial charge in [0, 0.05) is 19.0 Å². The van der Waals surface area contributed by atoms with Crippen LogP contribution in [-0.2, 0) is 13.0 Å². The van der Waals surface area contributed by atoms with E-state index in [9.17, 15) is 0 Å². The molecular weight excluding hydrogens is 200 g/mol. The number of hydrogen-bond donors (Lipinski definition) is 1. The molecule has 0 saturated heterocycles. The van der Waals surface area contributed by atoms with E-state index in [4.69, 9.17) is 0 Å².